The van der Waals surface area contributed by atoms with Gasteiger partial charge in [0.05, 0.1) is 20.6 Å². The summed E-state index contributed by atoms with van der Waals surface area (Å²) in [6, 6.07) is 11.4. The van der Waals surface area contributed by atoms with E-state index in [-0.39, 0.29) is 18.1 Å². The highest BCUT2D eigenvalue weighted by atomic mass is 19.3. The smallest absolute Gasteiger partial charge is 0.387 e. The molecule has 0 aliphatic rings. The number of ether oxygens (including phenoxy) is 3. The van der Waals surface area contributed by atoms with Crippen LogP contribution in [0.5, 0.6) is 17.2 Å². The maximum atomic E-state index is 12.1. The van der Waals surface area contributed by atoms with Gasteiger partial charge in [0.15, 0.2) is 11.5 Å². The van der Waals surface area contributed by atoms with Gasteiger partial charge in [0, 0.05) is 6.54 Å². The number of benzene rings is 2. The molecule has 0 saturated heterocycles. The number of carbonyl (C=O) groups excluding carboxylic acids is 1. The molecule has 2 rings (SSSR count). The maximum Gasteiger partial charge on any atom is 0.387 e. The number of carbonyl (C=O) groups is 1. The highest BCUT2D eigenvalue weighted by Crippen LogP contribution is 2.27. The fourth-order valence-electron chi connectivity index (χ4n) is 2.23. The van der Waals surface area contributed by atoms with Crippen molar-refractivity contribution in [3.8, 4) is 17.2 Å². The summed E-state index contributed by atoms with van der Waals surface area (Å²) in [7, 11) is 3.07. The van der Waals surface area contributed by atoms with Crippen molar-refractivity contribution < 1.29 is 27.8 Å². The molecule has 0 saturated carbocycles. The van der Waals surface area contributed by atoms with E-state index in [1.54, 1.807) is 37.4 Å². The monoisotopic (exact) mass is 351 g/mol. The Balaban J connectivity index is 1.88. The Bertz CT molecular complexity index is 705. The van der Waals surface area contributed by atoms with Gasteiger partial charge in [-0.15, -0.1) is 0 Å². The first-order chi connectivity index (χ1) is 12.0. The number of amides is 1. The summed E-state index contributed by atoms with van der Waals surface area (Å²) in [6.45, 7) is -2.56. The van der Waals surface area contributed by atoms with Crippen molar-refractivity contribution in [1.29, 1.82) is 0 Å². The molecule has 2 aromatic rings. The molecule has 0 aliphatic carbocycles. The molecule has 0 fully saturated rings. The molecule has 134 valence electrons. The number of hydrogen-bond donors (Lipinski definition) is 1. The molecule has 7 heteroatoms. The molecule has 0 aromatic heterocycles. The average Bonchev–Trinajstić information content (AvgIpc) is 2.60. The van der Waals surface area contributed by atoms with Crippen LogP contribution in [0.25, 0.3) is 0 Å². The van der Waals surface area contributed by atoms with Crippen LogP contribution >= 0.6 is 0 Å². The average molecular weight is 351 g/mol. The summed E-state index contributed by atoms with van der Waals surface area (Å²) >= 11 is 0. The summed E-state index contributed by atoms with van der Waals surface area (Å²) in [5.41, 5.74) is 1.57. The van der Waals surface area contributed by atoms with Crippen LogP contribution in [0.1, 0.15) is 11.1 Å². The number of halogens is 2. The van der Waals surface area contributed by atoms with Crippen LogP contribution in [0.4, 0.5) is 8.78 Å². The third-order valence-electron chi connectivity index (χ3n) is 3.45. The van der Waals surface area contributed by atoms with E-state index < -0.39 is 6.61 Å². The summed E-state index contributed by atoms with van der Waals surface area (Å²) in [4.78, 5) is 12.0. The van der Waals surface area contributed by atoms with Crippen LogP contribution < -0.4 is 19.5 Å². The Kier molecular flexibility index (Phi) is 6.56. The number of methoxy groups -OCH3 is 2. The third kappa shape index (κ3) is 5.63. The number of nitrogens with one attached hydrogen (secondary N) is 1. The second-order valence-electron chi connectivity index (χ2n) is 5.17. The minimum absolute atomic E-state index is 0.0791. The van der Waals surface area contributed by atoms with Crippen LogP contribution in [-0.2, 0) is 17.8 Å². The SMILES string of the molecule is COc1ccc(CC(=O)NCc2ccc(OC(F)F)cc2)cc1OC. The van der Waals surface area contributed by atoms with Crippen molar-refractivity contribution in [3.63, 3.8) is 0 Å². The van der Waals surface area contributed by atoms with Gasteiger partial charge in [-0.05, 0) is 35.4 Å². The van der Waals surface area contributed by atoms with E-state index in [0.29, 0.717) is 18.0 Å². The second kappa shape index (κ2) is 8.86. The fraction of sp³-hybridized carbons (Fsp3) is 0.278. The first-order valence-electron chi connectivity index (χ1n) is 7.53. The van der Waals surface area contributed by atoms with Crippen molar-refractivity contribution in [3.05, 3.63) is 53.6 Å². The molecule has 0 bridgehead atoms. The Labute approximate surface area is 144 Å². The molecule has 0 radical (unpaired) electrons. The predicted octanol–water partition coefficient (Wildman–Crippen LogP) is 3.16. The molecule has 25 heavy (non-hydrogen) atoms. The maximum absolute atomic E-state index is 12.1. The first kappa shape index (κ1) is 18.5. The van der Waals surface area contributed by atoms with Crippen LogP contribution in [0.2, 0.25) is 0 Å². The van der Waals surface area contributed by atoms with Crippen LogP contribution in [0.15, 0.2) is 42.5 Å². The molecule has 1 amide bonds. The van der Waals surface area contributed by atoms with Gasteiger partial charge in [0.25, 0.3) is 0 Å². The third-order valence-corrected chi connectivity index (χ3v) is 3.45. The van der Waals surface area contributed by atoms with E-state index >= 15 is 0 Å². The van der Waals surface area contributed by atoms with Crippen molar-refractivity contribution in [2.45, 2.75) is 19.6 Å². The van der Waals surface area contributed by atoms with Crippen molar-refractivity contribution in [2.24, 2.45) is 0 Å². The molecule has 0 unspecified atom stereocenters. The minimum atomic E-state index is -2.85. The van der Waals surface area contributed by atoms with E-state index in [9.17, 15) is 13.6 Å². The minimum Gasteiger partial charge on any atom is -0.493 e. The lowest BCUT2D eigenvalue weighted by Crippen LogP contribution is -2.24. The van der Waals surface area contributed by atoms with Gasteiger partial charge in [-0.1, -0.05) is 18.2 Å². The zero-order valence-corrected chi connectivity index (χ0v) is 13.9. The number of hydrogen-bond acceptors (Lipinski definition) is 4. The lowest BCUT2D eigenvalue weighted by molar-refractivity contribution is -0.120. The Hall–Kier alpha value is -2.83. The van der Waals surface area contributed by atoms with Crippen LogP contribution in [-0.4, -0.2) is 26.7 Å². The summed E-state index contributed by atoms with van der Waals surface area (Å²) in [5, 5.41) is 2.77. The largest absolute Gasteiger partial charge is 0.493 e. The topological polar surface area (TPSA) is 56.8 Å². The van der Waals surface area contributed by atoms with Gasteiger partial charge in [-0.25, -0.2) is 0 Å². The summed E-state index contributed by atoms with van der Waals surface area (Å²) in [5.74, 6) is 1.07. The molecule has 0 atom stereocenters. The standard InChI is InChI=1S/C18H19F2NO4/c1-23-15-8-5-13(9-16(15)24-2)10-17(22)21-11-12-3-6-14(7-4-12)25-18(19)20/h3-9,18H,10-11H2,1-2H3,(H,21,22). The van der Waals surface area contributed by atoms with Gasteiger partial charge in [0.1, 0.15) is 5.75 Å². The van der Waals surface area contributed by atoms with Crippen molar-refractivity contribution in [1.82, 2.24) is 5.32 Å². The lowest BCUT2D eigenvalue weighted by Gasteiger charge is -2.10. The molecule has 0 heterocycles. The van der Waals surface area contributed by atoms with Crippen molar-refractivity contribution in [2.75, 3.05) is 14.2 Å². The van der Waals surface area contributed by atoms with Crippen molar-refractivity contribution >= 4 is 5.91 Å². The number of alkyl halides is 2. The van der Waals surface area contributed by atoms with E-state index in [1.165, 1.54) is 19.2 Å². The van der Waals surface area contributed by atoms with E-state index in [1.807, 2.05) is 0 Å². The first-order valence-corrected chi connectivity index (χ1v) is 7.53. The van der Waals surface area contributed by atoms with Gasteiger partial charge >= 0.3 is 6.61 Å². The van der Waals surface area contributed by atoms with Gasteiger partial charge < -0.3 is 19.5 Å². The van der Waals surface area contributed by atoms with Gasteiger partial charge in [-0.3, -0.25) is 4.79 Å². The predicted molar refractivity (Wildman–Crippen MR) is 88.2 cm³/mol. The summed E-state index contributed by atoms with van der Waals surface area (Å²) < 4.78 is 38.8. The van der Waals surface area contributed by atoms with Gasteiger partial charge in [0.2, 0.25) is 5.91 Å². The lowest BCUT2D eigenvalue weighted by atomic mass is 10.1. The molecular formula is C18H19F2NO4. The molecule has 0 aliphatic heterocycles. The summed E-state index contributed by atoms with van der Waals surface area (Å²) in [6.07, 6.45) is 0.187. The Morgan fingerprint density at radius 3 is 2.24 bits per heavy atom. The second-order valence-corrected chi connectivity index (χ2v) is 5.17. The molecule has 1 N–H and O–H groups in total. The van der Waals surface area contributed by atoms with Crippen LogP contribution in [0, 0.1) is 0 Å². The Morgan fingerprint density at radius 1 is 1.00 bits per heavy atom. The highest BCUT2D eigenvalue weighted by molar-refractivity contribution is 5.78. The normalized spacial score (nSPS) is 10.4. The van der Waals surface area contributed by atoms with E-state index in [2.05, 4.69) is 10.1 Å². The molecule has 0 spiro atoms. The molecule has 2 aromatic carbocycles. The van der Waals surface area contributed by atoms with Crippen LogP contribution in [0.3, 0.4) is 0 Å². The fourth-order valence-corrected chi connectivity index (χ4v) is 2.23. The van der Waals surface area contributed by atoms with E-state index in [4.69, 9.17) is 9.47 Å². The zero-order chi connectivity index (χ0) is 18.2. The Morgan fingerprint density at radius 2 is 1.64 bits per heavy atom. The zero-order valence-electron chi connectivity index (χ0n) is 13.9. The highest BCUT2D eigenvalue weighted by Gasteiger charge is 2.09. The van der Waals surface area contributed by atoms with E-state index in [0.717, 1.165) is 11.1 Å². The number of rotatable bonds is 8. The van der Waals surface area contributed by atoms with Gasteiger partial charge in [-0.2, -0.15) is 8.78 Å². The molecule has 5 nitrogen and oxygen atoms in total. The quantitative estimate of drug-likeness (QED) is 0.794. The molecular weight excluding hydrogens is 332 g/mol.